The maximum Gasteiger partial charge on any atom is 0.278 e. The number of nitrogens with zero attached hydrogens (tertiary/aromatic N) is 2. The van der Waals surface area contributed by atoms with Gasteiger partial charge in [0.25, 0.3) is 5.91 Å². The molecule has 1 N–H and O–H groups in total. The highest BCUT2D eigenvalue weighted by Gasteiger charge is 2.40. The fraction of sp³-hybridized carbons (Fsp3) is 0.636. The summed E-state index contributed by atoms with van der Waals surface area (Å²) in [5, 5.41) is 9.69. The van der Waals surface area contributed by atoms with Gasteiger partial charge < -0.3 is 9.80 Å². The van der Waals surface area contributed by atoms with Crippen molar-refractivity contribution in [2.45, 2.75) is 56.9 Å². The number of carbonyl (C=O) groups is 1. The molecule has 4 heteroatoms. The van der Waals surface area contributed by atoms with Crippen molar-refractivity contribution < 1.29 is 9.69 Å². The van der Waals surface area contributed by atoms with Crippen molar-refractivity contribution in [2.24, 2.45) is 5.92 Å². The van der Waals surface area contributed by atoms with E-state index in [2.05, 4.69) is 36.4 Å². The smallest absolute Gasteiger partial charge is 0.278 e. The Bertz CT molecular complexity index is 623. The number of quaternary nitrogens is 1. The second-order valence-electron chi connectivity index (χ2n) is 8.22. The van der Waals surface area contributed by atoms with Crippen LogP contribution in [0.15, 0.2) is 30.3 Å². The Hall–Kier alpha value is -1.86. The normalized spacial score (nSPS) is 25.2. The van der Waals surface area contributed by atoms with Gasteiger partial charge in [-0.05, 0) is 43.6 Å². The topological polar surface area (TPSA) is 48.5 Å². The van der Waals surface area contributed by atoms with E-state index in [4.69, 9.17) is 0 Å². The minimum Gasteiger partial charge on any atom is -0.327 e. The van der Waals surface area contributed by atoms with Crippen LogP contribution in [0.2, 0.25) is 0 Å². The Morgan fingerprint density at radius 3 is 2.46 bits per heavy atom. The third-order valence-electron chi connectivity index (χ3n) is 6.49. The van der Waals surface area contributed by atoms with Gasteiger partial charge in [0, 0.05) is 7.05 Å². The number of likely N-dealkylation sites (N-methyl/N-ethyl adjacent to an activating group) is 1. The van der Waals surface area contributed by atoms with Crippen LogP contribution in [0.4, 0.5) is 0 Å². The largest absolute Gasteiger partial charge is 0.327 e. The van der Waals surface area contributed by atoms with Crippen LogP contribution < -0.4 is 4.90 Å². The molecule has 0 spiro atoms. The van der Waals surface area contributed by atoms with Crippen molar-refractivity contribution in [3.63, 3.8) is 0 Å². The summed E-state index contributed by atoms with van der Waals surface area (Å²) in [7, 11) is 1.85. The van der Waals surface area contributed by atoms with E-state index in [0.29, 0.717) is 6.54 Å². The number of nitriles is 1. The molecule has 2 aliphatic rings. The quantitative estimate of drug-likeness (QED) is 0.881. The van der Waals surface area contributed by atoms with E-state index in [1.54, 1.807) is 4.90 Å². The molecule has 1 aliphatic carbocycles. The lowest BCUT2D eigenvalue weighted by Crippen LogP contribution is -3.14. The van der Waals surface area contributed by atoms with Crippen molar-refractivity contribution in [3.05, 3.63) is 35.9 Å². The predicted octanol–water partition coefficient (Wildman–Crippen LogP) is 2.21. The third kappa shape index (κ3) is 4.45. The van der Waals surface area contributed by atoms with E-state index in [9.17, 15) is 10.1 Å². The zero-order chi connectivity index (χ0) is 18.4. The van der Waals surface area contributed by atoms with Crippen molar-refractivity contribution in [3.8, 4) is 6.07 Å². The first-order valence-electron chi connectivity index (χ1n) is 10.2. The zero-order valence-electron chi connectivity index (χ0n) is 16.0. The van der Waals surface area contributed by atoms with E-state index in [-0.39, 0.29) is 5.91 Å². The number of piperidine rings is 1. The molecule has 140 valence electrons. The molecule has 1 aromatic carbocycles. The summed E-state index contributed by atoms with van der Waals surface area (Å²) in [6.45, 7) is 2.67. The van der Waals surface area contributed by atoms with Crippen LogP contribution in [0.3, 0.4) is 0 Å². The molecule has 1 aromatic rings. The van der Waals surface area contributed by atoms with Crippen LogP contribution in [-0.4, -0.2) is 43.0 Å². The molecule has 3 rings (SSSR count). The zero-order valence-corrected chi connectivity index (χ0v) is 16.0. The van der Waals surface area contributed by atoms with Crippen molar-refractivity contribution in [1.82, 2.24) is 4.90 Å². The number of rotatable bonds is 5. The maximum atomic E-state index is 12.8. The molecular formula is C22H32N3O+. The van der Waals surface area contributed by atoms with Crippen molar-refractivity contribution >= 4 is 5.91 Å². The standard InChI is InChI=1S/C22H31N3O/c1-24(22(18-23)12-6-3-7-13-22)21(26)17-25-14-10-20(11-15-25)16-19-8-4-2-5-9-19/h2,4-5,8-9,20H,3,6-7,10-17H2,1H3/p+1. The lowest BCUT2D eigenvalue weighted by atomic mass is 9.81. The van der Waals surface area contributed by atoms with Crippen LogP contribution >= 0.6 is 0 Å². The van der Waals surface area contributed by atoms with Crippen LogP contribution in [0.1, 0.15) is 50.5 Å². The summed E-state index contributed by atoms with van der Waals surface area (Å²) >= 11 is 0. The van der Waals surface area contributed by atoms with Gasteiger partial charge in [-0.2, -0.15) is 5.26 Å². The highest BCUT2D eigenvalue weighted by Crippen LogP contribution is 2.32. The second-order valence-corrected chi connectivity index (χ2v) is 8.22. The Morgan fingerprint density at radius 1 is 1.19 bits per heavy atom. The molecular weight excluding hydrogens is 322 g/mol. The van der Waals surface area contributed by atoms with Gasteiger partial charge in [-0.3, -0.25) is 4.79 Å². The lowest BCUT2D eigenvalue weighted by molar-refractivity contribution is -0.898. The summed E-state index contributed by atoms with van der Waals surface area (Å²) in [4.78, 5) is 16.0. The number of carbonyl (C=O) groups excluding carboxylic acids is 1. The lowest BCUT2D eigenvalue weighted by Gasteiger charge is -2.39. The summed E-state index contributed by atoms with van der Waals surface area (Å²) in [6, 6.07) is 13.2. The fourth-order valence-corrected chi connectivity index (χ4v) is 4.64. The average Bonchev–Trinajstić information content (AvgIpc) is 2.70. The summed E-state index contributed by atoms with van der Waals surface area (Å²) in [6.07, 6.45) is 8.49. The number of benzene rings is 1. The highest BCUT2D eigenvalue weighted by atomic mass is 16.2. The van der Waals surface area contributed by atoms with E-state index in [1.807, 2.05) is 7.05 Å². The predicted molar refractivity (Wildman–Crippen MR) is 103 cm³/mol. The SMILES string of the molecule is CN(C(=O)C[NH+]1CCC(Cc2ccccc2)CC1)C1(C#N)CCCCC1. The van der Waals surface area contributed by atoms with Gasteiger partial charge in [0.1, 0.15) is 5.54 Å². The Balaban J connectivity index is 1.48. The molecule has 26 heavy (non-hydrogen) atoms. The van der Waals surface area contributed by atoms with Gasteiger partial charge in [0.15, 0.2) is 6.54 Å². The number of nitrogens with one attached hydrogen (secondary N) is 1. The molecule has 0 unspecified atom stereocenters. The first-order valence-corrected chi connectivity index (χ1v) is 10.2. The molecule has 0 atom stereocenters. The molecule has 2 fully saturated rings. The highest BCUT2D eigenvalue weighted by molar-refractivity contribution is 5.78. The van der Waals surface area contributed by atoms with Crippen LogP contribution in [0.25, 0.3) is 0 Å². The molecule has 1 aliphatic heterocycles. The summed E-state index contributed by atoms with van der Waals surface area (Å²) < 4.78 is 0. The van der Waals surface area contributed by atoms with Gasteiger partial charge in [0.05, 0.1) is 19.2 Å². The third-order valence-corrected chi connectivity index (χ3v) is 6.49. The van der Waals surface area contributed by atoms with Gasteiger partial charge in [0.2, 0.25) is 0 Å². The Kier molecular flexibility index (Phi) is 6.32. The molecule has 1 saturated carbocycles. The van der Waals surface area contributed by atoms with Gasteiger partial charge >= 0.3 is 0 Å². The number of likely N-dealkylation sites (tertiary alicyclic amines) is 1. The van der Waals surface area contributed by atoms with Crippen LogP contribution in [-0.2, 0) is 11.2 Å². The molecule has 1 heterocycles. The van der Waals surface area contributed by atoms with E-state index in [1.165, 1.54) is 29.7 Å². The van der Waals surface area contributed by atoms with Gasteiger partial charge in [-0.25, -0.2) is 0 Å². The average molecular weight is 355 g/mol. The number of amides is 1. The van der Waals surface area contributed by atoms with Gasteiger partial charge in [-0.1, -0.05) is 49.6 Å². The van der Waals surface area contributed by atoms with E-state index in [0.717, 1.165) is 51.1 Å². The van der Waals surface area contributed by atoms with E-state index >= 15 is 0 Å². The fourth-order valence-electron chi connectivity index (χ4n) is 4.64. The maximum absolute atomic E-state index is 12.8. The second kappa shape index (κ2) is 8.68. The van der Waals surface area contributed by atoms with Crippen molar-refractivity contribution in [2.75, 3.05) is 26.7 Å². The first-order chi connectivity index (χ1) is 12.6. The molecule has 4 nitrogen and oxygen atoms in total. The van der Waals surface area contributed by atoms with Crippen LogP contribution in [0.5, 0.6) is 0 Å². The molecule has 0 bridgehead atoms. The molecule has 0 radical (unpaired) electrons. The number of hydrogen-bond donors (Lipinski definition) is 1. The van der Waals surface area contributed by atoms with Crippen LogP contribution in [0, 0.1) is 17.2 Å². The summed E-state index contributed by atoms with van der Waals surface area (Å²) in [5.74, 6) is 0.878. The van der Waals surface area contributed by atoms with Crippen molar-refractivity contribution in [1.29, 1.82) is 5.26 Å². The molecule has 1 amide bonds. The first kappa shape index (κ1) is 18.9. The molecule has 1 saturated heterocycles. The Morgan fingerprint density at radius 2 is 1.85 bits per heavy atom. The Labute approximate surface area is 157 Å². The minimum atomic E-state index is -0.555. The minimum absolute atomic E-state index is 0.143. The molecule has 0 aromatic heterocycles. The van der Waals surface area contributed by atoms with E-state index < -0.39 is 5.54 Å². The number of hydrogen-bond acceptors (Lipinski definition) is 2. The van der Waals surface area contributed by atoms with Gasteiger partial charge in [-0.15, -0.1) is 0 Å². The monoisotopic (exact) mass is 354 g/mol. The summed E-state index contributed by atoms with van der Waals surface area (Å²) in [5.41, 5.74) is 0.866.